The molecular formula is C12H21N3O. The third-order valence-electron chi connectivity index (χ3n) is 3.06. The van der Waals surface area contributed by atoms with Crippen molar-refractivity contribution in [3.63, 3.8) is 0 Å². The summed E-state index contributed by atoms with van der Waals surface area (Å²) in [7, 11) is 0. The molecule has 4 heteroatoms. The Morgan fingerprint density at radius 1 is 1.62 bits per heavy atom. The van der Waals surface area contributed by atoms with Gasteiger partial charge in [-0.25, -0.2) is 4.98 Å². The molecule has 1 aliphatic rings. The molecule has 1 aromatic heterocycles. The van der Waals surface area contributed by atoms with Crippen LogP contribution < -0.4 is 10.6 Å². The van der Waals surface area contributed by atoms with E-state index in [4.69, 9.17) is 4.42 Å². The Bertz CT molecular complexity index is 305. The largest absolute Gasteiger partial charge is 0.444 e. The Morgan fingerprint density at radius 3 is 3.25 bits per heavy atom. The Morgan fingerprint density at radius 2 is 2.56 bits per heavy atom. The summed E-state index contributed by atoms with van der Waals surface area (Å²) < 4.78 is 5.53. The van der Waals surface area contributed by atoms with Gasteiger partial charge < -0.3 is 15.1 Å². The average molecular weight is 223 g/mol. The summed E-state index contributed by atoms with van der Waals surface area (Å²) in [6.45, 7) is 6.19. The number of hydrogen-bond donors (Lipinski definition) is 2. The highest BCUT2D eigenvalue weighted by atomic mass is 16.4. The molecule has 0 saturated carbocycles. The monoisotopic (exact) mass is 223 g/mol. The van der Waals surface area contributed by atoms with Crippen LogP contribution in [0.2, 0.25) is 0 Å². The Balaban J connectivity index is 1.66. The van der Waals surface area contributed by atoms with E-state index in [0.29, 0.717) is 0 Å². The topological polar surface area (TPSA) is 50.1 Å². The normalized spacial score (nSPS) is 21.2. The Labute approximate surface area is 96.8 Å². The standard InChI is InChI=1S/C12H21N3O/c1-2-11-8-15-12(16-11)9-14-7-10-4-3-5-13-6-10/h8,10,13-14H,2-7,9H2,1H3. The maximum Gasteiger partial charge on any atom is 0.208 e. The van der Waals surface area contributed by atoms with Gasteiger partial charge in [-0.15, -0.1) is 0 Å². The molecule has 0 aliphatic carbocycles. The molecule has 16 heavy (non-hydrogen) atoms. The smallest absolute Gasteiger partial charge is 0.208 e. The number of aryl methyl sites for hydroxylation is 1. The number of piperidine rings is 1. The molecule has 1 fully saturated rings. The van der Waals surface area contributed by atoms with Crippen molar-refractivity contribution in [2.75, 3.05) is 19.6 Å². The highest BCUT2D eigenvalue weighted by Crippen LogP contribution is 2.09. The second-order valence-electron chi connectivity index (χ2n) is 4.42. The van der Waals surface area contributed by atoms with Crippen molar-refractivity contribution in [3.8, 4) is 0 Å². The van der Waals surface area contributed by atoms with Crippen molar-refractivity contribution in [1.29, 1.82) is 0 Å². The molecule has 1 saturated heterocycles. The summed E-state index contributed by atoms with van der Waals surface area (Å²) in [6.07, 6.45) is 5.36. The fourth-order valence-corrected chi connectivity index (χ4v) is 2.07. The first kappa shape index (κ1) is 11.6. The third-order valence-corrected chi connectivity index (χ3v) is 3.06. The molecule has 2 N–H and O–H groups in total. The zero-order valence-electron chi connectivity index (χ0n) is 9.96. The van der Waals surface area contributed by atoms with E-state index in [1.165, 1.54) is 19.4 Å². The molecule has 1 aliphatic heterocycles. The lowest BCUT2D eigenvalue weighted by molar-refractivity contribution is 0.349. The predicted octanol–water partition coefficient (Wildman–Crippen LogP) is 1.33. The van der Waals surface area contributed by atoms with Crippen LogP contribution in [0.15, 0.2) is 10.6 Å². The first-order chi connectivity index (χ1) is 7.88. The van der Waals surface area contributed by atoms with Crippen LogP contribution in [0.5, 0.6) is 0 Å². The van der Waals surface area contributed by atoms with Gasteiger partial charge in [0, 0.05) is 6.42 Å². The van der Waals surface area contributed by atoms with Gasteiger partial charge >= 0.3 is 0 Å². The van der Waals surface area contributed by atoms with E-state index in [-0.39, 0.29) is 0 Å². The number of oxazole rings is 1. The molecule has 1 unspecified atom stereocenters. The summed E-state index contributed by atoms with van der Waals surface area (Å²) in [6, 6.07) is 0. The maximum absolute atomic E-state index is 5.53. The SMILES string of the molecule is CCc1cnc(CNCC2CCCNC2)o1. The van der Waals surface area contributed by atoms with E-state index in [1.54, 1.807) is 0 Å². The van der Waals surface area contributed by atoms with Gasteiger partial charge in [0.1, 0.15) is 5.76 Å². The van der Waals surface area contributed by atoms with Crippen LogP contribution in [0.4, 0.5) is 0 Å². The molecule has 90 valence electrons. The van der Waals surface area contributed by atoms with E-state index >= 15 is 0 Å². The van der Waals surface area contributed by atoms with Gasteiger partial charge in [0.15, 0.2) is 0 Å². The van der Waals surface area contributed by atoms with Gasteiger partial charge in [-0.3, -0.25) is 0 Å². The minimum atomic E-state index is 0.747. The van der Waals surface area contributed by atoms with Gasteiger partial charge in [-0.05, 0) is 38.4 Å². The predicted molar refractivity (Wildman–Crippen MR) is 63.2 cm³/mol. The van der Waals surface area contributed by atoms with Crippen LogP contribution in [0.25, 0.3) is 0 Å². The molecular weight excluding hydrogens is 202 g/mol. The van der Waals surface area contributed by atoms with Crippen molar-refractivity contribution in [2.45, 2.75) is 32.7 Å². The number of rotatable bonds is 5. The number of nitrogens with zero attached hydrogens (tertiary/aromatic N) is 1. The molecule has 4 nitrogen and oxygen atoms in total. The van der Waals surface area contributed by atoms with Gasteiger partial charge in [-0.2, -0.15) is 0 Å². The van der Waals surface area contributed by atoms with Crippen molar-refractivity contribution in [1.82, 2.24) is 15.6 Å². The van der Waals surface area contributed by atoms with Gasteiger partial charge in [0.25, 0.3) is 0 Å². The lowest BCUT2D eigenvalue weighted by atomic mass is 10.00. The Hall–Kier alpha value is -0.870. The minimum absolute atomic E-state index is 0.747. The summed E-state index contributed by atoms with van der Waals surface area (Å²) in [5, 5.41) is 6.83. The second-order valence-corrected chi connectivity index (χ2v) is 4.42. The maximum atomic E-state index is 5.53. The molecule has 0 bridgehead atoms. The summed E-state index contributed by atoms with van der Waals surface area (Å²) >= 11 is 0. The third kappa shape index (κ3) is 3.32. The molecule has 0 amide bonds. The van der Waals surface area contributed by atoms with Gasteiger partial charge in [0.05, 0.1) is 12.7 Å². The number of nitrogens with one attached hydrogen (secondary N) is 2. The average Bonchev–Trinajstić information content (AvgIpc) is 2.78. The number of aromatic nitrogens is 1. The summed E-state index contributed by atoms with van der Waals surface area (Å²) in [4.78, 5) is 4.22. The lowest BCUT2D eigenvalue weighted by Gasteiger charge is -2.22. The molecule has 1 atom stereocenters. The number of hydrogen-bond acceptors (Lipinski definition) is 4. The molecule has 0 spiro atoms. The highest BCUT2D eigenvalue weighted by Gasteiger charge is 2.12. The summed E-state index contributed by atoms with van der Waals surface area (Å²) in [5.74, 6) is 2.53. The quantitative estimate of drug-likeness (QED) is 0.790. The molecule has 2 heterocycles. The fourth-order valence-electron chi connectivity index (χ4n) is 2.07. The van der Waals surface area contributed by atoms with E-state index in [0.717, 1.165) is 43.6 Å². The van der Waals surface area contributed by atoms with Crippen molar-refractivity contribution in [3.05, 3.63) is 17.8 Å². The molecule has 0 aromatic carbocycles. The van der Waals surface area contributed by atoms with Crippen LogP contribution in [0.3, 0.4) is 0 Å². The van der Waals surface area contributed by atoms with E-state index in [2.05, 4.69) is 22.5 Å². The van der Waals surface area contributed by atoms with Crippen LogP contribution in [0.1, 0.15) is 31.4 Å². The Kier molecular flexibility index (Phi) is 4.36. The van der Waals surface area contributed by atoms with Crippen LogP contribution in [-0.4, -0.2) is 24.6 Å². The van der Waals surface area contributed by atoms with Crippen molar-refractivity contribution < 1.29 is 4.42 Å². The minimum Gasteiger partial charge on any atom is -0.444 e. The fraction of sp³-hybridized carbons (Fsp3) is 0.750. The second kappa shape index (κ2) is 6.01. The zero-order valence-corrected chi connectivity index (χ0v) is 9.96. The zero-order chi connectivity index (χ0) is 11.2. The molecule has 1 aromatic rings. The van der Waals surface area contributed by atoms with Crippen LogP contribution in [-0.2, 0) is 13.0 Å². The molecule has 0 radical (unpaired) electrons. The lowest BCUT2D eigenvalue weighted by Crippen LogP contribution is -2.35. The summed E-state index contributed by atoms with van der Waals surface area (Å²) in [5.41, 5.74) is 0. The van der Waals surface area contributed by atoms with Gasteiger partial charge in [0.2, 0.25) is 5.89 Å². The van der Waals surface area contributed by atoms with Crippen molar-refractivity contribution in [2.24, 2.45) is 5.92 Å². The first-order valence-corrected chi connectivity index (χ1v) is 6.23. The van der Waals surface area contributed by atoms with Crippen molar-refractivity contribution >= 4 is 0 Å². The van der Waals surface area contributed by atoms with E-state index in [9.17, 15) is 0 Å². The first-order valence-electron chi connectivity index (χ1n) is 6.23. The van der Waals surface area contributed by atoms with Crippen LogP contribution >= 0.6 is 0 Å². The van der Waals surface area contributed by atoms with E-state index < -0.39 is 0 Å². The molecule has 2 rings (SSSR count). The highest BCUT2D eigenvalue weighted by molar-refractivity contribution is 4.93. The van der Waals surface area contributed by atoms with Gasteiger partial charge in [-0.1, -0.05) is 6.92 Å². The van der Waals surface area contributed by atoms with Crippen LogP contribution in [0, 0.1) is 5.92 Å². The van der Waals surface area contributed by atoms with E-state index in [1.807, 2.05) is 6.20 Å².